The van der Waals surface area contributed by atoms with E-state index in [0.29, 0.717) is 22.2 Å². The molecule has 3 rings (SSSR count). The van der Waals surface area contributed by atoms with E-state index in [9.17, 15) is 14.4 Å². The van der Waals surface area contributed by atoms with E-state index in [1.807, 2.05) is 12.1 Å². The number of nitrogens with zero attached hydrogens (tertiary/aromatic N) is 1. The molecule has 0 atom stereocenters. The Balaban J connectivity index is 1.92. The van der Waals surface area contributed by atoms with E-state index >= 15 is 0 Å². The molecular formula is C23H21NO6. The summed E-state index contributed by atoms with van der Waals surface area (Å²) >= 11 is 0. The van der Waals surface area contributed by atoms with Gasteiger partial charge in [-0.3, -0.25) is 9.59 Å². The number of hydrogen-bond acceptors (Lipinski definition) is 6. The first-order valence-corrected chi connectivity index (χ1v) is 9.14. The lowest BCUT2D eigenvalue weighted by Gasteiger charge is -2.13. The lowest BCUT2D eigenvalue weighted by atomic mass is 10.1. The topological polar surface area (TPSA) is 83.8 Å². The molecule has 1 heterocycles. The lowest BCUT2D eigenvalue weighted by molar-refractivity contribution is -0.142. The van der Waals surface area contributed by atoms with Gasteiger partial charge < -0.3 is 18.8 Å². The van der Waals surface area contributed by atoms with Crippen LogP contribution < -0.4 is 15.0 Å². The first-order valence-electron chi connectivity index (χ1n) is 9.14. The van der Waals surface area contributed by atoms with Crippen LogP contribution in [0, 0.1) is 0 Å². The molecule has 3 aromatic rings. The zero-order valence-corrected chi connectivity index (χ0v) is 16.9. The number of fused-ring (bicyclic) bond motifs is 1. The molecule has 1 aromatic heterocycles. The predicted octanol–water partition coefficient (Wildman–Crippen LogP) is 3.00. The fourth-order valence-corrected chi connectivity index (χ4v) is 3.06. The van der Waals surface area contributed by atoms with E-state index in [1.54, 1.807) is 49.5 Å². The van der Waals surface area contributed by atoms with Crippen LogP contribution in [0.5, 0.6) is 11.5 Å². The van der Waals surface area contributed by atoms with Crippen LogP contribution in [0.15, 0.2) is 59.4 Å². The molecule has 0 spiro atoms. The van der Waals surface area contributed by atoms with Crippen molar-refractivity contribution >= 4 is 28.7 Å². The Morgan fingerprint density at radius 1 is 1.07 bits per heavy atom. The van der Waals surface area contributed by atoms with Gasteiger partial charge in [0, 0.05) is 12.4 Å². The molecule has 0 radical (unpaired) electrons. The monoisotopic (exact) mass is 407 g/mol. The Kier molecular flexibility index (Phi) is 6.32. The summed E-state index contributed by atoms with van der Waals surface area (Å²) in [4.78, 5) is 36.9. The van der Waals surface area contributed by atoms with E-state index in [4.69, 9.17) is 9.47 Å². The Morgan fingerprint density at radius 2 is 1.83 bits per heavy atom. The second-order valence-corrected chi connectivity index (χ2v) is 6.42. The number of carbonyl (C=O) groups excluding carboxylic acids is 2. The highest BCUT2D eigenvalue weighted by atomic mass is 16.6. The molecule has 0 aliphatic heterocycles. The molecule has 30 heavy (non-hydrogen) atoms. The van der Waals surface area contributed by atoms with E-state index in [1.165, 1.54) is 24.9 Å². The van der Waals surface area contributed by atoms with Crippen molar-refractivity contribution < 1.29 is 23.8 Å². The maximum absolute atomic E-state index is 12.9. The zero-order valence-electron chi connectivity index (χ0n) is 16.9. The third kappa shape index (κ3) is 4.25. The fourth-order valence-electron chi connectivity index (χ4n) is 3.06. The Labute approximate surface area is 173 Å². The zero-order chi connectivity index (χ0) is 21.7. The minimum absolute atomic E-state index is 0.0342. The molecular weight excluding hydrogens is 386 g/mol. The highest BCUT2D eigenvalue weighted by molar-refractivity contribution is 6.11. The lowest BCUT2D eigenvalue weighted by Crippen LogP contribution is -2.25. The summed E-state index contributed by atoms with van der Waals surface area (Å²) in [6.07, 6.45) is 2.88. The minimum Gasteiger partial charge on any atom is -0.495 e. The summed E-state index contributed by atoms with van der Waals surface area (Å²) in [5.74, 6) is -0.267. The Hall–Kier alpha value is -3.87. The van der Waals surface area contributed by atoms with Gasteiger partial charge in [-0.2, -0.15) is 0 Å². The molecule has 0 unspecified atom stereocenters. The summed E-state index contributed by atoms with van der Waals surface area (Å²) in [5.41, 5.74) is 0.876. The maximum Gasteiger partial charge on any atom is 0.343 e. The maximum atomic E-state index is 12.9. The first-order chi connectivity index (χ1) is 14.5. The fraction of sp³-hybridized carbons (Fsp3) is 0.174. The number of benzene rings is 2. The van der Waals surface area contributed by atoms with E-state index in [-0.39, 0.29) is 17.9 Å². The molecule has 0 bridgehead atoms. The van der Waals surface area contributed by atoms with Gasteiger partial charge in [-0.15, -0.1) is 0 Å². The molecule has 0 amide bonds. The number of rotatable bonds is 7. The Bertz CT molecular complexity index is 1190. The van der Waals surface area contributed by atoms with Crippen molar-refractivity contribution in [3.63, 3.8) is 0 Å². The minimum atomic E-state index is -0.495. The van der Waals surface area contributed by atoms with Gasteiger partial charge in [-0.05, 0) is 35.9 Å². The van der Waals surface area contributed by atoms with Crippen LogP contribution in [0.3, 0.4) is 0 Å². The normalized spacial score (nSPS) is 10.9. The molecule has 0 aliphatic carbocycles. The van der Waals surface area contributed by atoms with Crippen molar-refractivity contribution in [2.45, 2.75) is 0 Å². The molecule has 0 aliphatic rings. The van der Waals surface area contributed by atoms with Gasteiger partial charge in [0.25, 0.3) is 5.56 Å². The molecule has 0 saturated carbocycles. The van der Waals surface area contributed by atoms with Crippen LogP contribution in [0.2, 0.25) is 0 Å². The number of ketones is 1. The number of pyridine rings is 1. The van der Waals surface area contributed by atoms with Crippen LogP contribution in [0.4, 0.5) is 0 Å². The largest absolute Gasteiger partial charge is 0.495 e. The number of hydrogen-bond donors (Lipinski definition) is 0. The number of aromatic nitrogens is 1. The van der Waals surface area contributed by atoms with Crippen molar-refractivity contribution in [3.8, 4) is 11.5 Å². The molecule has 0 N–H and O–H groups in total. The van der Waals surface area contributed by atoms with Gasteiger partial charge in [-0.25, -0.2) is 4.79 Å². The molecule has 7 nitrogen and oxygen atoms in total. The summed E-state index contributed by atoms with van der Waals surface area (Å²) in [5, 5.41) is 0.678. The number of esters is 1. The number of para-hydroxylation sites is 1. The SMILES string of the molecule is COC(=O)COc1cccc(C=CC(=O)c2c(OC)c3ccccc3n(C)c2=O)c1. The highest BCUT2D eigenvalue weighted by Crippen LogP contribution is 2.27. The number of ether oxygens (including phenoxy) is 3. The van der Waals surface area contributed by atoms with Gasteiger partial charge in [0.15, 0.2) is 12.4 Å². The quantitative estimate of drug-likeness (QED) is 0.340. The van der Waals surface area contributed by atoms with E-state index in [2.05, 4.69) is 4.74 Å². The van der Waals surface area contributed by atoms with Gasteiger partial charge >= 0.3 is 5.97 Å². The van der Waals surface area contributed by atoms with Crippen LogP contribution in [-0.4, -0.2) is 37.1 Å². The summed E-state index contributed by atoms with van der Waals surface area (Å²) in [6.45, 7) is -0.215. The van der Waals surface area contributed by atoms with Crippen molar-refractivity contribution in [2.75, 3.05) is 20.8 Å². The summed E-state index contributed by atoms with van der Waals surface area (Å²) < 4.78 is 16.7. The van der Waals surface area contributed by atoms with E-state index < -0.39 is 17.3 Å². The third-order valence-corrected chi connectivity index (χ3v) is 4.58. The summed E-state index contributed by atoms with van der Waals surface area (Å²) in [7, 11) is 4.33. The van der Waals surface area contributed by atoms with Gasteiger partial charge in [0.1, 0.15) is 17.1 Å². The van der Waals surface area contributed by atoms with Gasteiger partial charge in [-0.1, -0.05) is 30.3 Å². The van der Waals surface area contributed by atoms with Crippen LogP contribution in [-0.2, 0) is 16.6 Å². The number of carbonyl (C=O) groups is 2. The molecule has 154 valence electrons. The van der Waals surface area contributed by atoms with Gasteiger partial charge in [0.05, 0.1) is 19.7 Å². The first kappa shape index (κ1) is 20.9. The van der Waals surface area contributed by atoms with Crippen LogP contribution in [0.25, 0.3) is 17.0 Å². The van der Waals surface area contributed by atoms with Crippen molar-refractivity contribution in [1.29, 1.82) is 0 Å². The third-order valence-electron chi connectivity index (χ3n) is 4.58. The van der Waals surface area contributed by atoms with Crippen molar-refractivity contribution in [1.82, 2.24) is 4.57 Å². The van der Waals surface area contributed by atoms with Crippen molar-refractivity contribution in [3.05, 3.63) is 76.1 Å². The van der Waals surface area contributed by atoms with Crippen molar-refractivity contribution in [2.24, 2.45) is 7.05 Å². The Morgan fingerprint density at radius 3 is 2.57 bits per heavy atom. The second kappa shape index (κ2) is 9.09. The number of methoxy groups -OCH3 is 2. The molecule has 7 heteroatoms. The average Bonchev–Trinajstić information content (AvgIpc) is 2.78. The number of allylic oxidation sites excluding steroid dienone is 1. The standard InChI is InChI=1S/C23H21NO6/c1-24-18-10-5-4-9-17(18)22(29-3)21(23(24)27)19(25)12-11-15-7-6-8-16(13-15)30-14-20(26)28-2/h4-13H,14H2,1-3H3. The highest BCUT2D eigenvalue weighted by Gasteiger charge is 2.20. The average molecular weight is 407 g/mol. The predicted molar refractivity (Wildman–Crippen MR) is 113 cm³/mol. The van der Waals surface area contributed by atoms with Crippen LogP contribution >= 0.6 is 0 Å². The molecule has 0 saturated heterocycles. The molecule has 2 aromatic carbocycles. The van der Waals surface area contributed by atoms with Crippen LogP contribution in [0.1, 0.15) is 15.9 Å². The smallest absolute Gasteiger partial charge is 0.343 e. The second-order valence-electron chi connectivity index (χ2n) is 6.42. The molecule has 0 fully saturated rings. The van der Waals surface area contributed by atoms with Gasteiger partial charge in [0.2, 0.25) is 0 Å². The summed E-state index contributed by atoms with van der Waals surface area (Å²) in [6, 6.07) is 14.1. The van der Waals surface area contributed by atoms with E-state index in [0.717, 1.165) is 0 Å². The number of aryl methyl sites for hydroxylation is 1.